The molecule has 2 atom stereocenters. The molecule has 3 heteroatoms. The highest BCUT2D eigenvalue weighted by atomic mass is 16.5. The van der Waals surface area contributed by atoms with Crippen LogP contribution in [-0.2, 0) is 4.74 Å². The van der Waals surface area contributed by atoms with Crippen molar-refractivity contribution in [2.75, 3.05) is 32.8 Å². The van der Waals surface area contributed by atoms with Gasteiger partial charge in [0.2, 0.25) is 0 Å². The van der Waals surface area contributed by atoms with E-state index in [1.165, 1.54) is 45.2 Å². The first-order valence-electron chi connectivity index (χ1n) is 7.64. The van der Waals surface area contributed by atoms with Crippen LogP contribution in [0.3, 0.4) is 0 Å². The van der Waals surface area contributed by atoms with Crippen molar-refractivity contribution in [2.45, 2.75) is 52.0 Å². The average Bonchev–Trinajstić information content (AvgIpc) is 2.54. The topological polar surface area (TPSA) is 38.5 Å². The Kier molecular flexibility index (Phi) is 5.05. The largest absolute Gasteiger partial charge is 0.381 e. The van der Waals surface area contributed by atoms with Crippen molar-refractivity contribution in [3.05, 3.63) is 0 Å². The minimum atomic E-state index is 0.511. The van der Waals surface area contributed by atoms with Crippen LogP contribution in [-0.4, -0.2) is 43.8 Å². The minimum absolute atomic E-state index is 0.511. The third-order valence-corrected chi connectivity index (χ3v) is 4.82. The number of nitrogens with two attached hydrogens (primary N) is 1. The van der Waals surface area contributed by atoms with Gasteiger partial charge in [0.25, 0.3) is 0 Å². The molecule has 2 aliphatic rings. The predicted molar refractivity (Wildman–Crippen MR) is 75.6 cm³/mol. The Hall–Kier alpha value is -0.120. The number of likely N-dealkylation sites (tertiary alicyclic amines) is 1. The van der Waals surface area contributed by atoms with Gasteiger partial charge in [-0.1, -0.05) is 13.8 Å². The molecule has 2 aliphatic heterocycles. The first-order chi connectivity index (χ1) is 8.62. The summed E-state index contributed by atoms with van der Waals surface area (Å²) in [5.74, 6) is 0.657. The molecule has 0 aromatic heterocycles. The fraction of sp³-hybridized carbons (Fsp3) is 1.00. The molecule has 2 unspecified atom stereocenters. The molecule has 0 radical (unpaired) electrons. The van der Waals surface area contributed by atoms with Crippen LogP contribution < -0.4 is 5.73 Å². The molecular weight excluding hydrogens is 224 g/mol. The summed E-state index contributed by atoms with van der Waals surface area (Å²) in [6, 6.07) is 0.541. The molecule has 2 rings (SSSR count). The van der Waals surface area contributed by atoms with Crippen LogP contribution in [0, 0.1) is 11.3 Å². The highest BCUT2D eigenvalue weighted by molar-refractivity contribution is 4.85. The first kappa shape index (κ1) is 14.3. The molecule has 2 N–H and O–H groups in total. The van der Waals surface area contributed by atoms with Gasteiger partial charge >= 0.3 is 0 Å². The maximum absolute atomic E-state index is 6.06. The molecule has 0 spiro atoms. The molecule has 18 heavy (non-hydrogen) atoms. The van der Waals surface area contributed by atoms with Crippen molar-refractivity contribution in [3.8, 4) is 0 Å². The maximum atomic E-state index is 6.06. The van der Waals surface area contributed by atoms with E-state index in [4.69, 9.17) is 10.5 Å². The van der Waals surface area contributed by atoms with E-state index >= 15 is 0 Å². The third-order valence-electron chi connectivity index (χ3n) is 4.82. The Morgan fingerprint density at radius 3 is 2.78 bits per heavy atom. The van der Waals surface area contributed by atoms with Gasteiger partial charge in [-0.15, -0.1) is 0 Å². The molecule has 0 aromatic carbocycles. The second-order valence-corrected chi connectivity index (χ2v) is 6.83. The lowest BCUT2D eigenvalue weighted by atomic mass is 9.85. The standard InChI is InChI=1S/C15H30N2O/c1-15(2)6-4-8-17(9-7-15)14(11-16)13-5-3-10-18-12-13/h13-14H,3-12,16H2,1-2H3. The molecule has 0 saturated carbocycles. The van der Waals surface area contributed by atoms with E-state index in [0.29, 0.717) is 17.4 Å². The molecule has 2 heterocycles. The molecule has 0 aromatic rings. The molecule has 3 nitrogen and oxygen atoms in total. The van der Waals surface area contributed by atoms with Gasteiger partial charge in [-0.25, -0.2) is 0 Å². The number of ether oxygens (including phenoxy) is 1. The number of rotatable bonds is 3. The minimum Gasteiger partial charge on any atom is -0.381 e. The van der Waals surface area contributed by atoms with Crippen molar-refractivity contribution < 1.29 is 4.74 Å². The Morgan fingerprint density at radius 1 is 1.28 bits per heavy atom. The van der Waals surface area contributed by atoms with Crippen LogP contribution in [0.1, 0.15) is 46.0 Å². The molecule has 0 bridgehead atoms. The molecule has 0 amide bonds. The van der Waals surface area contributed by atoms with Crippen LogP contribution in [0.4, 0.5) is 0 Å². The second-order valence-electron chi connectivity index (χ2n) is 6.83. The molecular formula is C15H30N2O. The van der Waals surface area contributed by atoms with Crippen LogP contribution in [0.2, 0.25) is 0 Å². The van der Waals surface area contributed by atoms with Gasteiger partial charge in [0.1, 0.15) is 0 Å². The van der Waals surface area contributed by atoms with Gasteiger partial charge in [-0.3, -0.25) is 4.90 Å². The normalized spacial score (nSPS) is 31.8. The summed E-state index contributed by atoms with van der Waals surface area (Å²) in [5.41, 5.74) is 6.57. The zero-order valence-corrected chi connectivity index (χ0v) is 12.2. The van der Waals surface area contributed by atoms with Gasteiger partial charge in [0.05, 0.1) is 6.61 Å². The van der Waals surface area contributed by atoms with Crippen LogP contribution in [0.15, 0.2) is 0 Å². The quantitative estimate of drug-likeness (QED) is 0.839. The van der Waals surface area contributed by atoms with Crippen LogP contribution in [0.5, 0.6) is 0 Å². The van der Waals surface area contributed by atoms with Crippen molar-refractivity contribution in [1.82, 2.24) is 4.90 Å². The summed E-state index contributed by atoms with van der Waals surface area (Å²) in [6.45, 7) is 9.89. The van der Waals surface area contributed by atoms with E-state index in [9.17, 15) is 0 Å². The summed E-state index contributed by atoms with van der Waals surface area (Å²) in [4.78, 5) is 2.65. The van der Waals surface area contributed by atoms with Crippen LogP contribution in [0.25, 0.3) is 0 Å². The highest BCUT2D eigenvalue weighted by Crippen LogP contribution is 2.32. The summed E-state index contributed by atoms with van der Waals surface area (Å²) in [6.07, 6.45) is 6.47. The smallest absolute Gasteiger partial charge is 0.0509 e. The lowest BCUT2D eigenvalue weighted by Crippen LogP contribution is -2.48. The maximum Gasteiger partial charge on any atom is 0.0509 e. The second kappa shape index (κ2) is 6.36. The zero-order valence-electron chi connectivity index (χ0n) is 12.2. The molecule has 0 aliphatic carbocycles. The van der Waals surface area contributed by atoms with Gasteiger partial charge in [0.15, 0.2) is 0 Å². The van der Waals surface area contributed by atoms with Gasteiger partial charge < -0.3 is 10.5 Å². The summed E-state index contributed by atoms with van der Waals surface area (Å²) in [7, 11) is 0. The van der Waals surface area contributed by atoms with E-state index in [2.05, 4.69) is 18.7 Å². The van der Waals surface area contributed by atoms with Gasteiger partial charge in [-0.2, -0.15) is 0 Å². The zero-order chi connectivity index (χ0) is 13.0. The molecule has 2 saturated heterocycles. The van der Waals surface area contributed by atoms with Crippen molar-refractivity contribution in [2.24, 2.45) is 17.1 Å². The van der Waals surface area contributed by atoms with E-state index in [1.807, 2.05) is 0 Å². The lowest BCUT2D eigenvalue weighted by molar-refractivity contribution is 0.0113. The SMILES string of the molecule is CC1(C)CCCN(C(CN)C2CCCOC2)CC1. The summed E-state index contributed by atoms with van der Waals surface area (Å²) >= 11 is 0. The van der Waals surface area contributed by atoms with E-state index in [1.54, 1.807) is 0 Å². The van der Waals surface area contributed by atoms with E-state index < -0.39 is 0 Å². The molecule has 106 valence electrons. The van der Waals surface area contributed by atoms with Gasteiger partial charge in [0, 0.05) is 19.2 Å². The summed E-state index contributed by atoms with van der Waals surface area (Å²) < 4.78 is 5.65. The van der Waals surface area contributed by atoms with Gasteiger partial charge in [-0.05, 0) is 56.5 Å². The Morgan fingerprint density at radius 2 is 2.11 bits per heavy atom. The average molecular weight is 254 g/mol. The molecule has 2 fully saturated rings. The summed E-state index contributed by atoms with van der Waals surface area (Å²) in [5, 5.41) is 0. The number of hydrogen-bond acceptors (Lipinski definition) is 3. The Labute approximate surface area is 112 Å². The highest BCUT2D eigenvalue weighted by Gasteiger charge is 2.31. The van der Waals surface area contributed by atoms with E-state index in [-0.39, 0.29) is 0 Å². The number of nitrogens with zero attached hydrogens (tertiary/aromatic N) is 1. The van der Waals surface area contributed by atoms with Crippen molar-refractivity contribution in [3.63, 3.8) is 0 Å². The van der Waals surface area contributed by atoms with Crippen molar-refractivity contribution in [1.29, 1.82) is 0 Å². The Balaban J connectivity index is 1.94. The van der Waals surface area contributed by atoms with Crippen molar-refractivity contribution >= 4 is 0 Å². The first-order valence-corrected chi connectivity index (χ1v) is 7.64. The predicted octanol–water partition coefficient (Wildman–Crippen LogP) is 2.25. The lowest BCUT2D eigenvalue weighted by Gasteiger charge is -2.37. The van der Waals surface area contributed by atoms with E-state index in [0.717, 1.165) is 19.8 Å². The van der Waals surface area contributed by atoms with Crippen LogP contribution >= 0.6 is 0 Å². The number of hydrogen-bond donors (Lipinski definition) is 1. The Bertz CT molecular complexity index is 249. The fourth-order valence-electron chi connectivity index (χ4n) is 3.48. The monoisotopic (exact) mass is 254 g/mol. The third kappa shape index (κ3) is 3.69. The fourth-order valence-corrected chi connectivity index (χ4v) is 3.48.